The first-order valence-electron chi connectivity index (χ1n) is 8.25. The average molecular weight is 327 g/mol. The van der Waals surface area contributed by atoms with Gasteiger partial charge < -0.3 is 15.2 Å². The number of hydrogen-bond acceptors (Lipinski definition) is 7. The van der Waals surface area contributed by atoms with E-state index in [-0.39, 0.29) is 0 Å². The topological polar surface area (TPSA) is 104 Å². The van der Waals surface area contributed by atoms with Gasteiger partial charge in [-0.25, -0.2) is 0 Å². The molecular formula is C15H21N9. The van der Waals surface area contributed by atoms with Crippen LogP contribution in [0.25, 0.3) is 11.0 Å². The lowest BCUT2D eigenvalue weighted by Crippen LogP contribution is -2.36. The number of nitrogens with two attached hydrogens (primary N) is 1. The van der Waals surface area contributed by atoms with Crippen LogP contribution in [-0.2, 0) is 13.6 Å². The Morgan fingerprint density at radius 1 is 1.33 bits per heavy atom. The van der Waals surface area contributed by atoms with Crippen molar-refractivity contribution in [3.8, 4) is 0 Å². The van der Waals surface area contributed by atoms with Gasteiger partial charge in [0.25, 0.3) is 0 Å². The molecule has 1 aliphatic rings. The molecule has 2 N–H and O–H groups in total. The fraction of sp³-hybridized carbons (Fsp3) is 0.533. The monoisotopic (exact) mass is 327 g/mol. The predicted molar refractivity (Wildman–Crippen MR) is 90.6 cm³/mol. The van der Waals surface area contributed by atoms with Crippen molar-refractivity contribution in [2.75, 3.05) is 23.7 Å². The number of fused-ring (bicyclic) bond motifs is 1. The number of nitrogens with zero attached hydrogens (tertiary/aromatic N) is 8. The van der Waals surface area contributed by atoms with Crippen LogP contribution in [0.4, 0.5) is 11.8 Å². The van der Waals surface area contributed by atoms with Crippen molar-refractivity contribution >= 4 is 22.8 Å². The number of aryl methyl sites for hydroxylation is 2. The maximum absolute atomic E-state index is 6.09. The highest BCUT2D eigenvalue weighted by molar-refractivity contribution is 5.86. The van der Waals surface area contributed by atoms with Gasteiger partial charge in [0.05, 0.1) is 11.6 Å². The smallest absolute Gasteiger partial charge is 0.229 e. The summed E-state index contributed by atoms with van der Waals surface area (Å²) in [6, 6.07) is 0. The first-order chi connectivity index (χ1) is 11.7. The number of piperidine rings is 1. The molecule has 24 heavy (non-hydrogen) atoms. The third kappa shape index (κ3) is 2.36. The van der Waals surface area contributed by atoms with E-state index >= 15 is 0 Å². The van der Waals surface area contributed by atoms with Gasteiger partial charge in [-0.3, -0.25) is 4.68 Å². The predicted octanol–water partition coefficient (Wildman–Crippen LogP) is 0.941. The zero-order valence-corrected chi connectivity index (χ0v) is 13.9. The van der Waals surface area contributed by atoms with Crippen molar-refractivity contribution in [3.05, 3.63) is 18.3 Å². The van der Waals surface area contributed by atoms with E-state index in [0.717, 1.165) is 49.3 Å². The molecule has 0 spiro atoms. The fourth-order valence-corrected chi connectivity index (χ4v) is 3.37. The number of anilines is 2. The summed E-state index contributed by atoms with van der Waals surface area (Å²) in [7, 11) is 1.86. The second kappa shape index (κ2) is 5.73. The average Bonchev–Trinajstić information content (AvgIpc) is 3.22. The molecule has 9 heteroatoms. The van der Waals surface area contributed by atoms with Crippen LogP contribution in [0.1, 0.15) is 31.5 Å². The molecule has 0 aromatic carbocycles. The highest BCUT2D eigenvalue weighted by atomic mass is 15.3. The first-order valence-corrected chi connectivity index (χ1v) is 8.25. The van der Waals surface area contributed by atoms with Crippen LogP contribution in [-0.4, -0.2) is 47.6 Å². The molecule has 0 amide bonds. The van der Waals surface area contributed by atoms with E-state index in [4.69, 9.17) is 5.73 Å². The van der Waals surface area contributed by atoms with Crippen LogP contribution in [0.3, 0.4) is 0 Å². The minimum Gasteiger partial charge on any atom is -0.383 e. The third-order valence-electron chi connectivity index (χ3n) is 4.67. The number of rotatable bonds is 3. The minimum absolute atomic E-state index is 0.327. The Morgan fingerprint density at radius 3 is 3.04 bits per heavy atom. The molecule has 3 aromatic rings. The standard InChI is InChI=1S/C15H21N9/c1-3-23-9-17-21-13(23)10-5-4-6-24(8-10)15-19-12(16)11-7-18-22(2)14(11)20-15/h7,9-10H,3-6,8H2,1-2H3,(H2,16,19,20). The summed E-state index contributed by atoms with van der Waals surface area (Å²) in [5, 5.41) is 13.4. The highest BCUT2D eigenvalue weighted by Crippen LogP contribution is 2.29. The van der Waals surface area contributed by atoms with Gasteiger partial charge in [0.2, 0.25) is 5.95 Å². The maximum Gasteiger partial charge on any atom is 0.229 e. The van der Waals surface area contributed by atoms with E-state index in [2.05, 4.69) is 41.7 Å². The number of aromatic nitrogens is 7. The molecule has 4 rings (SSSR count). The Labute approximate surface area is 139 Å². The zero-order chi connectivity index (χ0) is 16.7. The molecule has 0 aliphatic carbocycles. The summed E-state index contributed by atoms with van der Waals surface area (Å²) in [5.41, 5.74) is 6.85. The quantitative estimate of drug-likeness (QED) is 0.763. The van der Waals surface area contributed by atoms with Gasteiger partial charge >= 0.3 is 0 Å². The van der Waals surface area contributed by atoms with Gasteiger partial charge in [-0.2, -0.15) is 15.1 Å². The van der Waals surface area contributed by atoms with E-state index in [1.165, 1.54) is 0 Å². The van der Waals surface area contributed by atoms with Crippen LogP contribution < -0.4 is 10.6 Å². The van der Waals surface area contributed by atoms with Crippen LogP contribution in [0, 0.1) is 0 Å². The Bertz CT molecular complexity index is 865. The van der Waals surface area contributed by atoms with Crippen LogP contribution in [0.15, 0.2) is 12.5 Å². The summed E-state index contributed by atoms with van der Waals surface area (Å²) >= 11 is 0. The molecule has 1 saturated heterocycles. The highest BCUT2D eigenvalue weighted by Gasteiger charge is 2.27. The van der Waals surface area contributed by atoms with Gasteiger partial charge in [0, 0.05) is 32.6 Å². The van der Waals surface area contributed by atoms with Gasteiger partial charge in [-0.1, -0.05) is 0 Å². The summed E-state index contributed by atoms with van der Waals surface area (Å²) in [4.78, 5) is 11.3. The summed E-state index contributed by atoms with van der Waals surface area (Å²) in [6.07, 6.45) is 5.66. The Kier molecular flexibility index (Phi) is 3.55. The van der Waals surface area contributed by atoms with Gasteiger partial charge in [0.1, 0.15) is 18.0 Å². The fourth-order valence-electron chi connectivity index (χ4n) is 3.37. The molecule has 4 heterocycles. The molecule has 1 aliphatic heterocycles. The molecule has 1 fully saturated rings. The Morgan fingerprint density at radius 2 is 2.21 bits per heavy atom. The lowest BCUT2D eigenvalue weighted by Gasteiger charge is -2.32. The van der Waals surface area contributed by atoms with Crippen LogP contribution in [0.5, 0.6) is 0 Å². The molecule has 126 valence electrons. The summed E-state index contributed by atoms with van der Waals surface area (Å²) in [5.74, 6) is 2.50. The summed E-state index contributed by atoms with van der Waals surface area (Å²) < 4.78 is 3.83. The van der Waals surface area contributed by atoms with Crippen molar-refractivity contribution in [1.82, 2.24) is 34.5 Å². The lowest BCUT2D eigenvalue weighted by atomic mass is 9.97. The van der Waals surface area contributed by atoms with Crippen molar-refractivity contribution in [1.29, 1.82) is 0 Å². The largest absolute Gasteiger partial charge is 0.383 e. The van der Waals surface area contributed by atoms with Crippen molar-refractivity contribution in [3.63, 3.8) is 0 Å². The third-order valence-corrected chi connectivity index (χ3v) is 4.67. The molecular weight excluding hydrogens is 306 g/mol. The summed E-state index contributed by atoms with van der Waals surface area (Å²) in [6.45, 7) is 4.72. The molecule has 1 unspecified atom stereocenters. The maximum atomic E-state index is 6.09. The molecule has 0 radical (unpaired) electrons. The molecule has 3 aromatic heterocycles. The van der Waals surface area contributed by atoms with Gasteiger partial charge in [-0.15, -0.1) is 10.2 Å². The zero-order valence-electron chi connectivity index (χ0n) is 13.9. The first kappa shape index (κ1) is 14.9. The van der Waals surface area contributed by atoms with E-state index in [1.54, 1.807) is 17.2 Å². The van der Waals surface area contributed by atoms with E-state index in [9.17, 15) is 0 Å². The number of nitrogen functional groups attached to an aromatic ring is 1. The second-order valence-corrected chi connectivity index (χ2v) is 6.17. The van der Waals surface area contributed by atoms with Crippen molar-refractivity contribution < 1.29 is 0 Å². The van der Waals surface area contributed by atoms with E-state index in [1.807, 2.05) is 7.05 Å². The molecule has 0 bridgehead atoms. The molecule has 1 atom stereocenters. The Hall–Kier alpha value is -2.71. The van der Waals surface area contributed by atoms with E-state index < -0.39 is 0 Å². The van der Waals surface area contributed by atoms with Crippen LogP contribution in [0.2, 0.25) is 0 Å². The van der Waals surface area contributed by atoms with Gasteiger partial charge in [-0.05, 0) is 19.8 Å². The lowest BCUT2D eigenvalue weighted by molar-refractivity contribution is 0.469. The SMILES string of the molecule is CCn1cnnc1C1CCCN(c2nc(N)c3cnn(C)c3n2)C1. The van der Waals surface area contributed by atoms with E-state index in [0.29, 0.717) is 17.7 Å². The van der Waals surface area contributed by atoms with Crippen molar-refractivity contribution in [2.45, 2.75) is 32.2 Å². The Balaban J connectivity index is 1.66. The second-order valence-electron chi connectivity index (χ2n) is 6.17. The normalized spacial score (nSPS) is 18.4. The minimum atomic E-state index is 0.327. The van der Waals surface area contributed by atoms with Crippen LogP contribution >= 0.6 is 0 Å². The van der Waals surface area contributed by atoms with Gasteiger partial charge in [0.15, 0.2) is 5.65 Å². The molecule has 9 nitrogen and oxygen atoms in total. The number of hydrogen-bond donors (Lipinski definition) is 1. The van der Waals surface area contributed by atoms with Crippen molar-refractivity contribution in [2.24, 2.45) is 7.05 Å². The molecule has 0 saturated carbocycles.